The van der Waals surface area contributed by atoms with Gasteiger partial charge in [-0.05, 0) is 32.6 Å². The van der Waals surface area contributed by atoms with Gasteiger partial charge < -0.3 is 9.80 Å². The van der Waals surface area contributed by atoms with Crippen molar-refractivity contribution in [2.75, 3.05) is 19.6 Å². The first-order valence-corrected chi connectivity index (χ1v) is 6.90. The van der Waals surface area contributed by atoms with Crippen LogP contribution in [0, 0.1) is 0 Å². The number of nitrogens with zero attached hydrogens (tertiary/aromatic N) is 2. The van der Waals surface area contributed by atoms with E-state index >= 15 is 0 Å². The maximum Gasteiger partial charge on any atom is 0.325 e. The van der Waals surface area contributed by atoms with E-state index in [1.165, 1.54) is 4.90 Å². The lowest BCUT2D eigenvalue weighted by molar-refractivity contribution is -0.134. The Morgan fingerprint density at radius 3 is 2.47 bits per heavy atom. The molecule has 2 heterocycles. The van der Waals surface area contributed by atoms with Gasteiger partial charge in [-0.2, -0.15) is 0 Å². The fourth-order valence-corrected chi connectivity index (χ4v) is 2.62. The molecule has 0 aromatic rings. The van der Waals surface area contributed by atoms with Crippen LogP contribution in [0.1, 0.15) is 39.5 Å². The number of urea groups is 1. The predicted molar refractivity (Wildman–Crippen MR) is 69.4 cm³/mol. The lowest BCUT2D eigenvalue weighted by Crippen LogP contribution is -2.51. The second-order valence-corrected chi connectivity index (χ2v) is 5.41. The first-order valence-electron chi connectivity index (χ1n) is 6.90. The van der Waals surface area contributed by atoms with Crippen LogP contribution in [-0.4, -0.2) is 52.8 Å². The Morgan fingerprint density at radius 2 is 1.89 bits per heavy atom. The van der Waals surface area contributed by atoms with Gasteiger partial charge >= 0.3 is 6.03 Å². The summed E-state index contributed by atoms with van der Waals surface area (Å²) in [6.45, 7) is 5.05. The minimum absolute atomic E-state index is 0.0120. The van der Waals surface area contributed by atoms with E-state index in [4.69, 9.17) is 0 Å². The van der Waals surface area contributed by atoms with Gasteiger partial charge in [0.2, 0.25) is 5.91 Å². The fraction of sp³-hybridized carbons (Fsp3) is 0.769. The summed E-state index contributed by atoms with van der Waals surface area (Å²) in [6, 6.07) is -0.459. The zero-order valence-corrected chi connectivity index (χ0v) is 11.6. The number of imide groups is 1. The molecule has 1 atom stereocenters. The van der Waals surface area contributed by atoms with Crippen LogP contribution in [0.5, 0.6) is 0 Å². The number of hydrogen-bond acceptors (Lipinski definition) is 3. The van der Waals surface area contributed by atoms with E-state index in [9.17, 15) is 14.4 Å². The molecule has 0 radical (unpaired) electrons. The molecule has 4 amide bonds. The van der Waals surface area contributed by atoms with Crippen molar-refractivity contribution in [3.63, 3.8) is 0 Å². The zero-order chi connectivity index (χ0) is 14.0. The monoisotopic (exact) mass is 267 g/mol. The zero-order valence-electron chi connectivity index (χ0n) is 11.6. The van der Waals surface area contributed by atoms with Gasteiger partial charge in [-0.25, -0.2) is 4.79 Å². The van der Waals surface area contributed by atoms with Crippen molar-refractivity contribution >= 4 is 17.8 Å². The second-order valence-electron chi connectivity index (χ2n) is 5.41. The van der Waals surface area contributed by atoms with Crippen molar-refractivity contribution in [3.05, 3.63) is 0 Å². The van der Waals surface area contributed by atoms with E-state index in [0.717, 1.165) is 32.4 Å². The van der Waals surface area contributed by atoms with Crippen molar-refractivity contribution in [1.29, 1.82) is 0 Å². The first kappa shape index (κ1) is 13.8. The first-order chi connectivity index (χ1) is 8.99. The molecule has 0 aromatic carbocycles. The van der Waals surface area contributed by atoms with E-state index < -0.39 is 11.6 Å². The van der Waals surface area contributed by atoms with Crippen LogP contribution < -0.4 is 5.32 Å². The minimum atomic E-state index is -0.900. The highest BCUT2D eigenvalue weighted by atomic mass is 16.2. The predicted octanol–water partition coefficient (Wildman–Crippen LogP) is 0.719. The molecule has 2 rings (SSSR count). The number of piperidine rings is 1. The average Bonchev–Trinajstić information content (AvgIpc) is 2.64. The second kappa shape index (κ2) is 5.19. The van der Waals surface area contributed by atoms with Crippen molar-refractivity contribution in [3.8, 4) is 0 Å². The molecule has 0 saturated carbocycles. The SMILES string of the molecule is CCC1(C)C(=O)NC(=O)N1CC(=O)N1CCCCC1. The highest BCUT2D eigenvalue weighted by Crippen LogP contribution is 2.25. The summed E-state index contributed by atoms with van der Waals surface area (Å²) < 4.78 is 0. The number of likely N-dealkylation sites (tertiary alicyclic amines) is 1. The van der Waals surface area contributed by atoms with Gasteiger partial charge in [0.1, 0.15) is 12.1 Å². The van der Waals surface area contributed by atoms with Crippen LogP contribution in [0.25, 0.3) is 0 Å². The minimum Gasteiger partial charge on any atom is -0.341 e. The molecule has 1 unspecified atom stereocenters. The summed E-state index contributed by atoms with van der Waals surface area (Å²) in [5.74, 6) is -0.379. The number of carbonyl (C=O) groups is 3. The molecule has 0 aliphatic carbocycles. The standard InChI is InChI=1S/C13H21N3O3/c1-3-13(2)11(18)14-12(19)16(13)9-10(17)15-7-5-4-6-8-15/h3-9H2,1-2H3,(H,14,18,19). The van der Waals surface area contributed by atoms with Crippen LogP contribution in [0.3, 0.4) is 0 Å². The summed E-state index contributed by atoms with van der Waals surface area (Å²) in [5.41, 5.74) is -0.900. The van der Waals surface area contributed by atoms with Crippen LogP contribution in [-0.2, 0) is 9.59 Å². The molecule has 2 saturated heterocycles. The van der Waals surface area contributed by atoms with E-state index in [1.807, 2.05) is 6.92 Å². The molecule has 0 bridgehead atoms. The number of nitrogens with one attached hydrogen (secondary N) is 1. The number of amides is 4. The molecule has 6 heteroatoms. The Bertz CT molecular complexity index is 404. The van der Waals surface area contributed by atoms with Crippen molar-refractivity contribution < 1.29 is 14.4 Å². The largest absolute Gasteiger partial charge is 0.341 e. The summed E-state index contributed by atoms with van der Waals surface area (Å²) in [5, 5.41) is 2.29. The third-order valence-corrected chi connectivity index (χ3v) is 4.24. The van der Waals surface area contributed by atoms with E-state index in [-0.39, 0.29) is 18.4 Å². The maximum absolute atomic E-state index is 12.2. The van der Waals surface area contributed by atoms with Gasteiger partial charge in [-0.15, -0.1) is 0 Å². The molecule has 19 heavy (non-hydrogen) atoms. The van der Waals surface area contributed by atoms with Crippen LogP contribution in [0.2, 0.25) is 0 Å². The molecule has 106 valence electrons. The van der Waals surface area contributed by atoms with Crippen molar-refractivity contribution in [1.82, 2.24) is 15.1 Å². The van der Waals surface area contributed by atoms with Gasteiger partial charge in [0, 0.05) is 13.1 Å². The molecule has 1 N–H and O–H groups in total. The summed E-state index contributed by atoms with van der Waals surface area (Å²) in [6.07, 6.45) is 3.68. The van der Waals surface area contributed by atoms with E-state index in [1.54, 1.807) is 11.8 Å². The molecule has 2 aliphatic rings. The third-order valence-electron chi connectivity index (χ3n) is 4.24. The number of carbonyl (C=O) groups excluding carboxylic acids is 3. The van der Waals surface area contributed by atoms with Gasteiger partial charge in [0.25, 0.3) is 5.91 Å². The summed E-state index contributed by atoms with van der Waals surface area (Å²) >= 11 is 0. The third kappa shape index (κ3) is 2.43. The highest BCUT2D eigenvalue weighted by Gasteiger charge is 2.48. The van der Waals surface area contributed by atoms with Gasteiger partial charge in [0.05, 0.1) is 0 Å². The lowest BCUT2D eigenvalue weighted by Gasteiger charge is -2.33. The van der Waals surface area contributed by atoms with Gasteiger partial charge in [-0.3, -0.25) is 14.9 Å². The Kier molecular flexibility index (Phi) is 3.78. The highest BCUT2D eigenvalue weighted by molar-refractivity contribution is 6.07. The van der Waals surface area contributed by atoms with Crippen LogP contribution in [0.4, 0.5) is 4.79 Å². The molecular weight excluding hydrogens is 246 g/mol. The lowest BCUT2D eigenvalue weighted by atomic mass is 9.97. The van der Waals surface area contributed by atoms with Crippen LogP contribution in [0.15, 0.2) is 0 Å². The molecule has 0 aromatic heterocycles. The fourth-order valence-electron chi connectivity index (χ4n) is 2.62. The quantitative estimate of drug-likeness (QED) is 0.766. The molecule has 2 fully saturated rings. The van der Waals surface area contributed by atoms with Crippen molar-refractivity contribution in [2.45, 2.75) is 45.1 Å². The summed E-state index contributed by atoms with van der Waals surface area (Å²) in [4.78, 5) is 39.0. The van der Waals surface area contributed by atoms with Gasteiger partial charge in [-0.1, -0.05) is 6.92 Å². The number of hydrogen-bond donors (Lipinski definition) is 1. The Balaban J connectivity index is 2.06. The normalized spacial score (nSPS) is 27.7. The van der Waals surface area contributed by atoms with Crippen LogP contribution >= 0.6 is 0 Å². The van der Waals surface area contributed by atoms with Crippen molar-refractivity contribution in [2.24, 2.45) is 0 Å². The molecule has 2 aliphatic heterocycles. The smallest absolute Gasteiger partial charge is 0.325 e. The maximum atomic E-state index is 12.2. The molecule has 6 nitrogen and oxygen atoms in total. The van der Waals surface area contributed by atoms with Gasteiger partial charge in [0.15, 0.2) is 0 Å². The average molecular weight is 267 g/mol. The Hall–Kier alpha value is -1.59. The van der Waals surface area contributed by atoms with E-state index in [2.05, 4.69) is 5.32 Å². The Labute approximate surface area is 113 Å². The topological polar surface area (TPSA) is 69.7 Å². The Morgan fingerprint density at radius 1 is 1.26 bits per heavy atom. The molecular formula is C13H21N3O3. The summed E-state index contributed by atoms with van der Waals surface area (Å²) in [7, 11) is 0. The molecule has 0 spiro atoms. The number of rotatable bonds is 3. The van der Waals surface area contributed by atoms with E-state index in [0.29, 0.717) is 6.42 Å².